The second-order valence-corrected chi connectivity index (χ2v) is 5.19. The summed E-state index contributed by atoms with van der Waals surface area (Å²) in [5.41, 5.74) is 1.15. The summed E-state index contributed by atoms with van der Waals surface area (Å²) in [6.45, 7) is 6.56. The molecule has 0 bridgehead atoms. The van der Waals surface area contributed by atoms with Gasteiger partial charge in [0.05, 0.1) is 6.61 Å². The smallest absolute Gasteiger partial charge is 0.177 e. The van der Waals surface area contributed by atoms with Crippen LogP contribution in [0.5, 0.6) is 0 Å². The molecule has 2 aromatic rings. The van der Waals surface area contributed by atoms with Crippen LogP contribution in [0.25, 0.3) is 5.82 Å². The highest BCUT2D eigenvalue weighted by molar-refractivity contribution is 5.28. The number of nitrogens with zero attached hydrogens (tertiary/aromatic N) is 4. The second kappa shape index (κ2) is 6.32. The predicted octanol–water partition coefficient (Wildman–Crippen LogP) is 2.01. The van der Waals surface area contributed by atoms with Crippen LogP contribution in [0, 0.1) is 6.92 Å². The molecule has 1 aliphatic rings. The molecule has 0 amide bonds. The van der Waals surface area contributed by atoms with Gasteiger partial charge in [-0.05, 0) is 38.0 Å². The highest BCUT2D eigenvalue weighted by Crippen LogP contribution is 2.25. The zero-order valence-electron chi connectivity index (χ0n) is 12.5. The van der Waals surface area contributed by atoms with E-state index in [9.17, 15) is 0 Å². The van der Waals surface area contributed by atoms with E-state index < -0.39 is 0 Å². The number of hydrogen-bond donors (Lipinski definition) is 0. The summed E-state index contributed by atoms with van der Waals surface area (Å²) >= 11 is 0. The van der Waals surface area contributed by atoms with E-state index in [1.54, 1.807) is 6.20 Å². The average molecular weight is 288 g/mol. The van der Waals surface area contributed by atoms with Crippen molar-refractivity contribution in [2.24, 2.45) is 0 Å². The van der Waals surface area contributed by atoms with Crippen LogP contribution in [0.15, 0.2) is 18.3 Å². The van der Waals surface area contributed by atoms with Crippen LogP contribution in [-0.4, -0.2) is 39.6 Å². The number of rotatable bonds is 5. The topological polar surface area (TPSA) is 62.1 Å². The molecule has 1 saturated heterocycles. The molecule has 112 valence electrons. The molecule has 0 aromatic carbocycles. The SMILES string of the molecule is CCOCc1nc(C2CCOC2)n(-c2cc(C)ccn2)n1. The zero-order chi connectivity index (χ0) is 14.7. The van der Waals surface area contributed by atoms with E-state index in [4.69, 9.17) is 9.47 Å². The van der Waals surface area contributed by atoms with Crippen LogP contribution in [-0.2, 0) is 16.1 Å². The Balaban J connectivity index is 1.97. The summed E-state index contributed by atoms with van der Waals surface area (Å²) in [7, 11) is 0. The largest absolute Gasteiger partial charge is 0.381 e. The Morgan fingerprint density at radius 2 is 2.38 bits per heavy atom. The third kappa shape index (κ3) is 3.11. The first kappa shape index (κ1) is 14.2. The second-order valence-electron chi connectivity index (χ2n) is 5.19. The van der Waals surface area contributed by atoms with Gasteiger partial charge in [-0.25, -0.2) is 9.97 Å². The zero-order valence-corrected chi connectivity index (χ0v) is 12.5. The van der Waals surface area contributed by atoms with Crippen molar-refractivity contribution in [2.45, 2.75) is 32.8 Å². The number of pyridine rings is 1. The van der Waals surface area contributed by atoms with Gasteiger partial charge in [0.2, 0.25) is 0 Å². The fraction of sp³-hybridized carbons (Fsp3) is 0.533. The maximum atomic E-state index is 5.48. The van der Waals surface area contributed by atoms with Gasteiger partial charge in [-0.2, -0.15) is 4.68 Å². The molecular formula is C15H20N4O2. The Kier molecular flexibility index (Phi) is 4.26. The van der Waals surface area contributed by atoms with Crippen molar-refractivity contribution < 1.29 is 9.47 Å². The maximum Gasteiger partial charge on any atom is 0.177 e. The predicted molar refractivity (Wildman–Crippen MR) is 77.4 cm³/mol. The van der Waals surface area contributed by atoms with Gasteiger partial charge in [0.25, 0.3) is 0 Å². The van der Waals surface area contributed by atoms with Crippen LogP contribution in [0.4, 0.5) is 0 Å². The van der Waals surface area contributed by atoms with Crippen LogP contribution in [0.3, 0.4) is 0 Å². The van der Waals surface area contributed by atoms with E-state index in [-0.39, 0.29) is 5.92 Å². The maximum absolute atomic E-state index is 5.48. The standard InChI is InChI=1S/C15H20N4O2/c1-3-20-10-13-17-15(12-5-7-21-9-12)19(18-13)14-8-11(2)4-6-16-14/h4,6,8,12H,3,5,7,9-10H2,1-2H3. The summed E-state index contributed by atoms with van der Waals surface area (Å²) in [4.78, 5) is 9.06. The molecule has 6 heteroatoms. The molecule has 0 N–H and O–H groups in total. The normalized spacial score (nSPS) is 18.3. The fourth-order valence-corrected chi connectivity index (χ4v) is 2.43. The first-order valence-electron chi connectivity index (χ1n) is 7.32. The van der Waals surface area contributed by atoms with E-state index in [1.165, 1.54) is 0 Å². The van der Waals surface area contributed by atoms with Gasteiger partial charge < -0.3 is 9.47 Å². The van der Waals surface area contributed by atoms with E-state index in [1.807, 2.05) is 30.7 Å². The van der Waals surface area contributed by atoms with Crippen molar-refractivity contribution in [3.8, 4) is 5.82 Å². The van der Waals surface area contributed by atoms with Gasteiger partial charge in [0.15, 0.2) is 11.6 Å². The quantitative estimate of drug-likeness (QED) is 0.842. The Labute approximate surface area is 124 Å². The molecule has 1 unspecified atom stereocenters. The molecule has 0 spiro atoms. The molecule has 1 aliphatic heterocycles. The molecule has 1 atom stereocenters. The van der Waals surface area contributed by atoms with Crippen LogP contribution < -0.4 is 0 Å². The third-order valence-electron chi connectivity index (χ3n) is 3.52. The summed E-state index contributed by atoms with van der Waals surface area (Å²) in [6, 6.07) is 3.98. The van der Waals surface area contributed by atoms with Crippen molar-refractivity contribution in [3.05, 3.63) is 35.5 Å². The number of aromatic nitrogens is 4. The molecule has 1 fully saturated rings. The minimum Gasteiger partial charge on any atom is -0.381 e. The Hall–Kier alpha value is -1.79. The number of aryl methyl sites for hydroxylation is 1. The summed E-state index contributed by atoms with van der Waals surface area (Å²) < 4.78 is 12.7. The molecule has 2 aromatic heterocycles. The van der Waals surface area contributed by atoms with Crippen LogP contribution >= 0.6 is 0 Å². The van der Waals surface area contributed by atoms with E-state index in [0.717, 1.165) is 30.2 Å². The lowest BCUT2D eigenvalue weighted by Gasteiger charge is -2.09. The van der Waals surface area contributed by atoms with Gasteiger partial charge >= 0.3 is 0 Å². The molecule has 3 rings (SSSR count). The summed E-state index contributed by atoms with van der Waals surface area (Å²) in [6.07, 6.45) is 2.77. The lowest BCUT2D eigenvalue weighted by Crippen LogP contribution is -2.10. The van der Waals surface area contributed by atoms with Gasteiger partial charge in [0, 0.05) is 25.3 Å². The van der Waals surface area contributed by atoms with E-state index in [0.29, 0.717) is 25.6 Å². The average Bonchev–Trinajstić information content (AvgIpc) is 3.14. The van der Waals surface area contributed by atoms with Crippen LogP contribution in [0.1, 0.15) is 36.5 Å². The lowest BCUT2D eigenvalue weighted by molar-refractivity contribution is 0.128. The highest BCUT2D eigenvalue weighted by atomic mass is 16.5. The van der Waals surface area contributed by atoms with Crippen molar-refractivity contribution in [3.63, 3.8) is 0 Å². The van der Waals surface area contributed by atoms with E-state index >= 15 is 0 Å². The third-order valence-corrected chi connectivity index (χ3v) is 3.52. The van der Waals surface area contributed by atoms with Crippen molar-refractivity contribution >= 4 is 0 Å². The molecule has 0 saturated carbocycles. The minimum absolute atomic E-state index is 0.273. The number of hydrogen-bond acceptors (Lipinski definition) is 5. The molecule has 3 heterocycles. The van der Waals surface area contributed by atoms with Gasteiger partial charge in [-0.3, -0.25) is 0 Å². The Morgan fingerprint density at radius 3 is 3.10 bits per heavy atom. The molecular weight excluding hydrogens is 268 g/mol. The van der Waals surface area contributed by atoms with Crippen molar-refractivity contribution in [2.75, 3.05) is 19.8 Å². The molecule has 6 nitrogen and oxygen atoms in total. The Bertz CT molecular complexity index is 605. The van der Waals surface area contributed by atoms with Crippen molar-refractivity contribution in [1.29, 1.82) is 0 Å². The summed E-state index contributed by atoms with van der Waals surface area (Å²) in [5.74, 6) is 2.68. The first-order valence-corrected chi connectivity index (χ1v) is 7.32. The molecule has 0 radical (unpaired) electrons. The molecule has 21 heavy (non-hydrogen) atoms. The highest BCUT2D eigenvalue weighted by Gasteiger charge is 2.25. The van der Waals surface area contributed by atoms with Crippen molar-refractivity contribution in [1.82, 2.24) is 19.7 Å². The molecule has 0 aliphatic carbocycles. The fourth-order valence-electron chi connectivity index (χ4n) is 2.43. The minimum atomic E-state index is 0.273. The first-order chi connectivity index (χ1) is 10.3. The summed E-state index contributed by atoms with van der Waals surface area (Å²) in [5, 5.41) is 4.57. The van der Waals surface area contributed by atoms with Crippen LogP contribution in [0.2, 0.25) is 0 Å². The van der Waals surface area contributed by atoms with Gasteiger partial charge in [0.1, 0.15) is 12.4 Å². The monoisotopic (exact) mass is 288 g/mol. The lowest BCUT2D eigenvalue weighted by atomic mass is 10.1. The van der Waals surface area contributed by atoms with E-state index in [2.05, 4.69) is 15.1 Å². The number of ether oxygens (including phenoxy) is 2. The van der Waals surface area contributed by atoms with Gasteiger partial charge in [-0.1, -0.05) is 0 Å². The Morgan fingerprint density at radius 1 is 1.48 bits per heavy atom. The van der Waals surface area contributed by atoms with Gasteiger partial charge in [-0.15, -0.1) is 5.10 Å².